The molecule has 0 heterocycles. The second-order valence-electron chi connectivity index (χ2n) is 7.60. The lowest BCUT2D eigenvalue weighted by atomic mass is 10.0. The standard InChI is InChI=1S/C18H41NO6P2/c1-2-3-4-5-6-7-8-9-10-11-12-13-14-15-16-19(17-26(20,21)22)18-27(23,24)25/h2-18H2,1H3,(H2,20,21,22)(H2,23,24,25). The van der Waals surface area contributed by atoms with E-state index in [0.717, 1.165) is 19.3 Å². The van der Waals surface area contributed by atoms with Crippen molar-refractivity contribution in [2.75, 3.05) is 19.1 Å². The summed E-state index contributed by atoms with van der Waals surface area (Å²) in [7, 11) is -8.63. The van der Waals surface area contributed by atoms with Gasteiger partial charge in [0.05, 0.1) is 0 Å². The zero-order valence-corrected chi connectivity index (χ0v) is 18.8. The Morgan fingerprint density at radius 3 is 1.15 bits per heavy atom. The highest BCUT2D eigenvalue weighted by atomic mass is 31.2. The number of unbranched alkanes of at least 4 members (excludes halogenated alkanes) is 13. The van der Waals surface area contributed by atoms with Crippen molar-refractivity contribution in [1.82, 2.24) is 4.90 Å². The molecule has 0 radical (unpaired) electrons. The van der Waals surface area contributed by atoms with Gasteiger partial charge in [0.1, 0.15) is 12.6 Å². The van der Waals surface area contributed by atoms with Crippen LogP contribution in [0, 0.1) is 0 Å². The summed E-state index contributed by atoms with van der Waals surface area (Å²) in [5.41, 5.74) is 0. The summed E-state index contributed by atoms with van der Waals surface area (Å²) in [6.45, 7) is 2.54. The highest BCUT2D eigenvalue weighted by Gasteiger charge is 2.25. The monoisotopic (exact) mass is 429 g/mol. The summed E-state index contributed by atoms with van der Waals surface area (Å²) in [5, 5.41) is 0. The molecular formula is C18H41NO6P2. The number of rotatable bonds is 19. The molecule has 0 aliphatic heterocycles. The molecule has 0 aromatic rings. The van der Waals surface area contributed by atoms with Gasteiger partial charge in [0, 0.05) is 0 Å². The van der Waals surface area contributed by atoms with Gasteiger partial charge in [-0.05, 0) is 13.0 Å². The van der Waals surface area contributed by atoms with E-state index < -0.39 is 27.8 Å². The summed E-state index contributed by atoms with van der Waals surface area (Å²) in [5.74, 6) is 0. The van der Waals surface area contributed by atoms with Crippen LogP contribution in [0.25, 0.3) is 0 Å². The Bertz CT molecular complexity index is 414. The Labute approximate surface area is 165 Å². The molecule has 0 aliphatic carbocycles. The van der Waals surface area contributed by atoms with Crippen LogP contribution in [-0.2, 0) is 9.13 Å². The van der Waals surface area contributed by atoms with Gasteiger partial charge in [0.25, 0.3) is 0 Å². The molecule has 0 atom stereocenters. The van der Waals surface area contributed by atoms with Gasteiger partial charge < -0.3 is 19.6 Å². The van der Waals surface area contributed by atoms with Crippen molar-refractivity contribution in [3.63, 3.8) is 0 Å². The minimum absolute atomic E-state index is 0.300. The fourth-order valence-electron chi connectivity index (χ4n) is 3.24. The number of hydrogen-bond acceptors (Lipinski definition) is 3. The first-order valence-electron chi connectivity index (χ1n) is 10.5. The molecule has 0 amide bonds. The lowest BCUT2D eigenvalue weighted by Crippen LogP contribution is -2.27. The molecule has 0 fully saturated rings. The Hall–Kier alpha value is 0.260. The van der Waals surface area contributed by atoms with E-state index in [9.17, 15) is 9.13 Å². The zero-order chi connectivity index (χ0) is 20.6. The maximum Gasteiger partial charge on any atom is 0.339 e. The number of hydrogen-bond donors (Lipinski definition) is 4. The molecule has 0 aromatic heterocycles. The summed E-state index contributed by atoms with van der Waals surface area (Å²) < 4.78 is 22.2. The van der Waals surface area contributed by atoms with Crippen molar-refractivity contribution in [2.24, 2.45) is 0 Å². The van der Waals surface area contributed by atoms with Crippen LogP contribution in [0.15, 0.2) is 0 Å². The molecule has 0 aliphatic rings. The lowest BCUT2D eigenvalue weighted by molar-refractivity contribution is 0.273. The van der Waals surface area contributed by atoms with Gasteiger partial charge in [0.2, 0.25) is 0 Å². The molecule has 0 aromatic carbocycles. The highest BCUT2D eigenvalue weighted by molar-refractivity contribution is 7.52. The van der Waals surface area contributed by atoms with Crippen LogP contribution in [0.5, 0.6) is 0 Å². The van der Waals surface area contributed by atoms with Crippen molar-refractivity contribution in [1.29, 1.82) is 0 Å². The minimum Gasteiger partial charge on any atom is -0.324 e. The van der Waals surface area contributed by atoms with E-state index in [1.54, 1.807) is 0 Å². The normalized spacial score (nSPS) is 12.8. The predicted octanol–water partition coefficient (Wildman–Crippen LogP) is 5.04. The van der Waals surface area contributed by atoms with Crippen molar-refractivity contribution in [3.05, 3.63) is 0 Å². The Balaban J connectivity index is 3.59. The van der Waals surface area contributed by atoms with E-state index in [1.165, 1.54) is 69.1 Å². The second-order valence-corrected chi connectivity index (χ2v) is 10.8. The molecule has 7 nitrogen and oxygen atoms in total. The maximum absolute atomic E-state index is 11.1. The first-order valence-corrected chi connectivity index (χ1v) is 14.0. The minimum atomic E-state index is -4.31. The molecule has 0 spiro atoms. The molecule has 0 saturated heterocycles. The molecule has 164 valence electrons. The van der Waals surface area contributed by atoms with Crippen LogP contribution in [0.3, 0.4) is 0 Å². The predicted molar refractivity (Wildman–Crippen MR) is 111 cm³/mol. The highest BCUT2D eigenvalue weighted by Crippen LogP contribution is 2.40. The molecule has 0 bridgehead atoms. The van der Waals surface area contributed by atoms with E-state index in [-0.39, 0.29) is 0 Å². The third kappa shape index (κ3) is 22.4. The van der Waals surface area contributed by atoms with Gasteiger partial charge in [0.15, 0.2) is 0 Å². The molecule has 0 rings (SSSR count). The Kier molecular flexibility index (Phi) is 16.3. The van der Waals surface area contributed by atoms with Crippen molar-refractivity contribution in [2.45, 2.75) is 96.8 Å². The van der Waals surface area contributed by atoms with E-state index in [2.05, 4.69) is 6.92 Å². The van der Waals surface area contributed by atoms with Crippen LogP contribution in [0.1, 0.15) is 96.8 Å². The second kappa shape index (κ2) is 16.1. The summed E-state index contributed by atoms with van der Waals surface area (Å²) >= 11 is 0. The topological polar surface area (TPSA) is 118 Å². The van der Waals surface area contributed by atoms with Gasteiger partial charge in [-0.15, -0.1) is 0 Å². The average molecular weight is 429 g/mol. The maximum atomic E-state index is 11.1. The largest absolute Gasteiger partial charge is 0.339 e. The van der Waals surface area contributed by atoms with Crippen LogP contribution >= 0.6 is 15.2 Å². The first kappa shape index (κ1) is 27.3. The summed E-state index contributed by atoms with van der Waals surface area (Å²) in [6, 6.07) is 0. The first-order chi connectivity index (χ1) is 12.6. The molecular weight excluding hydrogens is 388 g/mol. The van der Waals surface area contributed by atoms with Crippen LogP contribution < -0.4 is 0 Å². The summed E-state index contributed by atoms with van der Waals surface area (Å²) in [4.78, 5) is 37.2. The quantitative estimate of drug-likeness (QED) is 0.168. The van der Waals surface area contributed by atoms with E-state index in [0.29, 0.717) is 13.0 Å². The van der Waals surface area contributed by atoms with Crippen molar-refractivity contribution >= 4 is 15.2 Å². The Morgan fingerprint density at radius 1 is 0.556 bits per heavy atom. The fourth-order valence-corrected chi connectivity index (χ4v) is 4.92. The summed E-state index contributed by atoms with van der Waals surface area (Å²) in [6.07, 6.45) is 15.8. The van der Waals surface area contributed by atoms with Gasteiger partial charge in [-0.2, -0.15) is 0 Å². The van der Waals surface area contributed by atoms with E-state index in [4.69, 9.17) is 19.6 Å². The van der Waals surface area contributed by atoms with Crippen LogP contribution in [-0.4, -0.2) is 43.6 Å². The van der Waals surface area contributed by atoms with Gasteiger partial charge >= 0.3 is 15.2 Å². The third-order valence-electron chi connectivity index (χ3n) is 4.60. The van der Waals surface area contributed by atoms with Crippen molar-refractivity contribution < 1.29 is 28.7 Å². The Morgan fingerprint density at radius 2 is 0.852 bits per heavy atom. The molecule has 9 heteroatoms. The molecule has 0 unspecified atom stereocenters. The fraction of sp³-hybridized carbons (Fsp3) is 1.00. The molecule has 27 heavy (non-hydrogen) atoms. The molecule has 0 saturated carbocycles. The lowest BCUT2D eigenvalue weighted by Gasteiger charge is -2.22. The van der Waals surface area contributed by atoms with E-state index >= 15 is 0 Å². The van der Waals surface area contributed by atoms with Gasteiger partial charge in [-0.1, -0.05) is 90.4 Å². The SMILES string of the molecule is CCCCCCCCCCCCCCCCN(CP(=O)(O)O)CP(=O)(O)O. The molecule has 4 N–H and O–H groups in total. The van der Waals surface area contributed by atoms with E-state index in [1.807, 2.05) is 0 Å². The zero-order valence-electron chi connectivity index (χ0n) is 17.0. The third-order valence-corrected chi connectivity index (χ3v) is 6.13. The average Bonchev–Trinajstić information content (AvgIpc) is 2.52. The number of nitrogens with zero attached hydrogens (tertiary/aromatic N) is 1. The van der Waals surface area contributed by atoms with Gasteiger partial charge in [-0.25, -0.2) is 0 Å². The van der Waals surface area contributed by atoms with Crippen molar-refractivity contribution in [3.8, 4) is 0 Å². The van der Waals surface area contributed by atoms with Crippen LogP contribution in [0.2, 0.25) is 0 Å². The smallest absolute Gasteiger partial charge is 0.324 e. The van der Waals surface area contributed by atoms with Crippen LogP contribution in [0.4, 0.5) is 0 Å². The van der Waals surface area contributed by atoms with Gasteiger partial charge in [-0.3, -0.25) is 14.0 Å².